The number of nitrogens with zero attached hydrogens (tertiary/aromatic N) is 1. The van der Waals surface area contributed by atoms with Crippen molar-refractivity contribution in [3.05, 3.63) is 0 Å². The van der Waals surface area contributed by atoms with E-state index in [1.165, 1.54) is 70.9 Å². The highest BCUT2D eigenvalue weighted by Crippen LogP contribution is 2.25. The number of hydrogen-bond donors (Lipinski definition) is 2. The van der Waals surface area contributed by atoms with Crippen molar-refractivity contribution < 1.29 is 11.0 Å². The molecule has 2 rings (SSSR count). The smallest absolute Gasteiger partial charge is 0.00952 e. The summed E-state index contributed by atoms with van der Waals surface area (Å²) in [7, 11) is 0. The van der Waals surface area contributed by atoms with E-state index in [9.17, 15) is 0 Å². The Morgan fingerprint density at radius 2 is 1.16 bits per heavy atom. The van der Waals surface area contributed by atoms with Crippen LogP contribution in [0.2, 0.25) is 0 Å². The van der Waals surface area contributed by atoms with Gasteiger partial charge in [-0.2, -0.15) is 0 Å². The van der Waals surface area contributed by atoms with Gasteiger partial charge in [0.15, 0.2) is 0 Å². The summed E-state index contributed by atoms with van der Waals surface area (Å²) in [6, 6.07) is 0.978. The molecule has 19 heavy (non-hydrogen) atoms. The molecule has 1 aliphatic heterocycles. The molecule has 0 radical (unpaired) electrons. The maximum absolute atomic E-state index is 2.72. The third-order valence-electron chi connectivity index (χ3n) is 3.73. The zero-order valence-corrected chi connectivity index (χ0v) is 13.2. The van der Waals surface area contributed by atoms with E-state index in [4.69, 9.17) is 0 Å². The Balaban J connectivity index is -0.000000127. The third kappa shape index (κ3) is 11.3. The lowest BCUT2D eigenvalue weighted by molar-refractivity contribution is 0.191. The number of rotatable bonds is 2. The second-order valence-electron chi connectivity index (χ2n) is 5.03. The van der Waals surface area contributed by atoms with Gasteiger partial charge in [-0.15, -0.1) is 0 Å². The predicted octanol–water partition coefficient (Wildman–Crippen LogP) is 2.90. The maximum atomic E-state index is 2.72. The summed E-state index contributed by atoms with van der Waals surface area (Å²) in [4.78, 5) is 2.72. The zero-order valence-electron chi connectivity index (χ0n) is 13.2. The van der Waals surface area contributed by atoms with E-state index in [2.05, 4.69) is 18.7 Å². The topological polar surface area (TPSA) is 136 Å². The lowest BCUT2D eigenvalue weighted by Crippen LogP contribution is -2.34. The average molecular weight is 281 g/mol. The lowest BCUT2D eigenvalue weighted by Gasteiger charge is -2.30. The minimum absolute atomic E-state index is 0. The fourth-order valence-electron chi connectivity index (χ4n) is 2.55. The van der Waals surface area contributed by atoms with Crippen LogP contribution in [0.25, 0.3) is 0 Å². The van der Waals surface area contributed by atoms with E-state index < -0.39 is 0 Å². The van der Waals surface area contributed by atoms with Gasteiger partial charge in [-0.3, -0.25) is 0 Å². The third-order valence-corrected chi connectivity index (χ3v) is 3.73. The summed E-state index contributed by atoms with van der Waals surface area (Å²) in [6.07, 6.45) is 13.0. The van der Waals surface area contributed by atoms with Crippen LogP contribution in [0.1, 0.15) is 71.6 Å². The highest BCUT2D eigenvalue weighted by molar-refractivity contribution is 4.78. The second kappa shape index (κ2) is 17.8. The van der Waals surface area contributed by atoms with Crippen molar-refractivity contribution in [3.63, 3.8) is 0 Å². The average Bonchev–Trinajstić information content (AvgIpc) is 2.84. The molecular formula is C14H39N3O2. The molecule has 1 aliphatic carbocycles. The van der Waals surface area contributed by atoms with E-state index in [1.54, 1.807) is 0 Å². The molecule has 0 aromatic carbocycles. The maximum Gasteiger partial charge on any atom is 0.00952 e. The molecule has 10 N–H and O–H groups in total. The van der Waals surface area contributed by atoms with Gasteiger partial charge in [0, 0.05) is 6.04 Å². The first-order chi connectivity index (χ1) is 7.38. The molecule has 0 unspecified atom stereocenters. The van der Waals surface area contributed by atoms with Gasteiger partial charge < -0.3 is 28.2 Å². The van der Waals surface area contributed by atoms with E-state index >= 15 is 0 Å². The highest BCUT2D eigenvalue weighted by Gasteiger charge is 2.22. The van der Waals surface area contributed by atoms with Gasteiger partial charge in [0.2, 0.25) is 0 Å². The van der Waals surface area contributed by atoms with Crippen LogP contribution < -0.4 is 12.3 Å². The Hall–Kier alpha value is -0.200. The van der Waals surface area contributed by atoms with Gasteiger partial charge in [-0.1, -0.05) is 46.0 Å². The highest BCUT2D eigenvalue weighted by atomic mass is 16.0. The predicted molar refractivity (Wildman–Crippen MR) is 85.5 cm³/mol. The normalized spacial score (nSPS) is 18.6. The van der Waals surface area contributed by atoms with Crippen LogP contribution in [0.3, 0.4) is 0 Å². The van der Waals surface area contributed by atoms with Gasteiger partial charge in [0.1, 0.15) is 0 Å². The standard InChI is InChI=1S/C10H19N.C4H10.2H3N.2H2O/c1-2-6-10(7-3-1)11-8-4-5-9-11;1-3-4-2;;;;/h10H,1-9H2;3-4H2,1-2H3;2*1H3;2*1H2. The molecule has 1 saturated carbocycles. The Labute approximate surface area is 119 Å². The molecule has 2 fully saturated rings. The van der Waals surface area contributed by atoms with Crippen molar-refractivity contribution in [3.8, 4) is 0 Å². The fraction of sp³-hybridized carbons (Fsp3) is 1.00. The van der Waals surface area contributed by atoms with E-state index in [0.717, 1.165) is 6.04 Å². The van der Waals surface area contributed by atoms with Crippen molar-refractivity contribution in [2.75, 3.05) is 13.1 Å². The van der Waals surface area contributed by atoms with Crippen molar-refractivity contribution >= 4 is 0 Å². The SMILES string of the molecule is C1CCC(N2CCCC2)CC1.CCCC.N.N.O.O. The van der Waals surface area contributed by atoms with Crippen LogP contribution in [-0.2, 0) is 0 Å². The fourth-order valence-corrected chi connectivity index (χ4v) is 2.55. The van der Waals surface area contributed by atoms with Gasteiger partial charge in [0.25, 0.3) is 0 Å². The Kier molecular flexibility index (Phi) is 25.5. The van der Waals surface area contributed by atoms with E-state index in [0.29, 0.717) is 0 Å². The van der Waals surface area contributed by atoms with Gasteiger partial charge in [-0.05, 0) is 38.8 Å². The molecule has 5 nitrogen and oxygen atoms in total. The monoisotopic (exact) mass is 281 g/mol. The molecule has 0 atom stereocenters. The Bertz CT molecular complexity index is 146. The molecule has 0 bridgehead atoms. The summed E-state index contributed by atoms with van der Waals surface area (Å²) in [5, 5.41) is 0. The van der Waals surface area contributed by atoms with Crippen molar-refractivity contribution in [2.24, 2.45) is 0 Å². The van der Waals surface area contributed by atoms with Crippen LogP contribution in [0.4, 0.5) is 0 Å². The van der Waals surface area contributed by atoms with Crippen molar-refractivity contribution in [1.82, 2.24) is 17.2 Å². The summed E-state index contributed by atoms with van der Waals surface area (Å²) >= 11 is 0. The van der Waals surface area contributed by atoms with Crippen LogP contribution >= 0.6 is 0 Å². The number of likely N-dealkylation sites (tertiary alicyclic amines) is 1. The lowest BCUT2D eigenvalue weighted by atomic mass is 9.94. The summed E-state index contributed by atoms with van der Waals surface area (Å²) in [5.41, 5.74) is 0. The summed E-state index contributed by atoms with van der Waals surface area (Å²) in [6.45, 7) is 7.15. The van der Waals surface area contributed by atoms with E-state index in [1.807, 2.05) is 0 Å². The number of unbranched alkanes of at least 4 members (excludes halogenated alkanes) is 1. The van der Waals surface area contributed by atoms with Gasteiger partial charge in [0.05, 0.1) is 0 Å². The molecular weight excluding hydrogens is 242 g/mol. The van der Waals surface area contributed by atoms with Crippen LogP contribution in [0, 0.1) is 0 Å². The molecule has 2 aliphatic rings. The Morgan fingerprint density at radius 3 is 1.53 bits per heavy atom. The molecule has 1 heterocycles. The summed E-state index contributed by atoms with van der Waals surface area (Å²) < 4.78 is 0. The largest absolute Gasteiger partial charge is 0.412 e. The quantitative estimate of drug-likeness (QED) is 0.804. The molecule has 0 spiro atoms. The minimum Gasteiger partial charge on any atom is -0.412 e. The van der Waals surface area contributed by atoms with E-state index in [-0.39, 0.29) is 23.3 Å². The second-order valence-corrected chi connectivity index (χ2v) is 5.03. The first kappa shape index (κ1) is 27.2. The van der Waals surface area contributed by atoms with Gasteiger partial charge >= 0.3 is 0 Å². The molecule has 0 aromatic rings. The molecule has 122 valence electrons. The van der Waals surface area contributed by atoms with Gasteiger partial charge in [-0.25, -0.2) is 0 Å². The minimum atomic E-state index is 0. The molecule has 0 aromatic heterocycles. The zero-order chi connectivity index (χ0) is 10.9. The summed E-state index contributed by atoms with van der Waals surface area (Å²) in [5.74, 6) is 0. The first-order valence-electron chi connectivity index (χ1n) is 7.12. The van der Waals surface area contributed by atoms with Crippen molar-refractivity contribution in [2.45, 2.75) is 77.7 Å². The number of hydrogen-bond acceptors (Lipinski definition) is 3. The molecule has 0 amide bonds. The molecule has 5 heteroatoms. The Morgan fingerprint density at radius 1 is 0.737 bits per heavy atom. The van der Waals surface area contributed by atoms with Crippen molar-refractivity contribution in [1.29, 1.82) is 0 Å². The van der Waals surface area contributed by atoms with Crippen LogP contribution in [-0.4, -0.2) is 35.0 Å². The van der Waals surface area contributed by atoms with Crippen LogP contribution in [0.5, 0.6) is 0 Å². The van der Waals surface area contributed by atoms with Crippen LogP contribution in [0.15, 0.2) is 0 Å². The first-order valence-corrected chi connectivity index (χ1v) is 7.12. The molecule has 1 saturated heterocycles.